The molecule has 1 N–H and O–H groups in total. The number of nitrogens with one attached hydrogen (secondary N) is 1. The fourth-order valence-electron chi connectivity index (χ4n) is 1.94. The first-order valence-corrected chi connectivity index (χ1v) is 6.14. The summed E-state index contributed by atoms with van der Waals surface area (Å²) in [6.45, 7) is 3.65. The van der Waals surface area contributed by atoms with Crippen molar-refractivity contribution < 1.29 is 13.2 Å². The first-order valence-electron chi connectivity index (χ1n) is 6.14. The summed E-state index contributed by atoms with van der Waals surface area (Å²) in [5.74, 6) is 0. The van der Waals surface area contributed by atoms with Crippen LogP contribution in [0, 0.1) is 25.2 Å². The maximum absolute atomic E-state index is 12.7. The highest BCUT2D eigenvalue weighted by atomic mass is 19.4. The molecule has 2 rings (SSSR count). The summed E-state index contributed by atoms with van der Waals surface area (Å²) in [5, 5.41) is 11.8. The van der Waals surface area contributed by atoms with Gasteiger partial charge in [-0.25, -0.2) is 0 Å². The lowest BCUT2D eigenvalue weighted by Gasteiger charge is -2.13. The molecular formula is C15H12F3N3. The van der Waals surface area contributed by atoms with E-state index in [-0.39, 0.29) is 0 Å². The van der Waals surface area contributed by atoms with Crippen molar-refractivity contribution in [1.82, 2.24) is 4.98 Å². The molecule has 0 aliphatic rings. The fourth-order valence-corrected chi connectivity index (χ4v) is 1.94. The number of pyridine rings is 1. The van der Waals surface area contributed by atoms with Crippen LogP contribution in [-0.4, -0.2) is 4.98 Å². The lowest BCUT2D eigenvalue weighted by atomic mass is 10.1. The number of alkyl halides is 3. The van der Waals surface area contributed by atoms with E-state index in [2.05, 4.69) is 10.3 Å². The highest BCUT2D eigenvalue weighted by molar-refractivity contribution is 5.64. The van der Waals surface area contributed by atoms with Crippen molar-refractivity contribution in [1.29, 1.82) is 5.26 Å². The van der Waals surface area contributed by atoms with Crippen LogP contribution in [0.3, 0.4) is 0 Å². The Balaban J connectivity index is 2.36. The zero-order valence-electron chi connectivity index (χ0n) is 11.4. The van der Waals surface area contributed by atoms with E-state index in [4.69, 9.17) is 5.26 Å². The highest BCUT2D eigenvalue weighted by Crippen LogP contribution is 2.33. The van der Waals surface area contributed by atoms with E-state index in [0.29, 0.717) is 11.4 Å². The van der Waals surface area contributed by atoms with Gasteiger partial charge in [-0.1, -0.05) is 0 Å². The molecule has 0 fully saturated rings. The quantitative estimate of drug-likeness (QED) is 0.895. The van der Waals surface area contributed by atoms with E-state index >= 15 is 0 Å². The van der Waals surface area contributed by atoms with E-state index in [0.717, 1.165) is 17.5 Å². The Morgan fingerprint density at radius 2 is 1.86 bits per heavy atom. The number of rotatable bonds is 2. The Bertz CT molecular complexity index is 715. The van der Waals surface area contributed by atoms with Gasteiger partial charge in [-0.15, -0.1) is 0 Å². The van der Waals surface area contributed by atoms with Gasteiger partial charge < -0.3 is 5.32 Å². The highest BCUT2D eigenvalue weighted by Gasteiger charge is 2.33. The molecule has 0 saturated carbocycles. The molecule has 3 nitrogen and oxygen atoms in total. The lowest BCUT2D eigenvalue weighted by Crippen LogP contribution is -2.08. The van der Waals surface area contributed by atoms with Crippen molar-refractivity contribution in [3.63, 3.8) is 0 Å². The predicted molar refractivity (Wildman–Crippen MR) is 73.2 cm³/mol. The molecule has 0 spiro atoms. The minimum atomic E-state index is -4.54. The lowest BCUT2D eigenvalue weighted by molar-refractivity contribution is -0.137. The molecule has 0 atom stereocenters. The van der Waals surface area contributed by atoms with Crippen LogP contribution in [0.25, 0.3) is 0 Å². The molecular weight excluding hydrogens is 279 g/mol. The van der Waals surface area contributed by atoms with Gasteiger partial charge in [0, 0.05) is 11.4 Å². The third kappa shape index (κ3) is 3.31. The third-order valence-electron chi connectivity index (χ3n) is 2.95. The molecule has 1 aromatic heterocycles. The largest absolute Gasteiger partial charge is 0.417 e. The minimum Gasteiger partial charge on any atom is -0.354 e. The van der Waals surface area contributed by atoms with Crippen LogP contribution in [0.2, 0.25) is 0 Å². The molecule has 108 valence electrons. The number of benzene rings is 1. The molecule has 0 saturated heterocycles. The van der Waals surface area contributed by atoms with Gasteiger partial charge in [0.1, 0.15) is 0 Å². The fraction of sp³-hybridized carbons (Fsp3) is 0.200. The number of hydrogen-bond acceptors (Lipinski definition) is 3. The summed E-state index contributed by atoms with van der Waals surface area (Å²) in [6, 6.07) is 8.54. The summed E-state index contributed by atoms with van der Waals surface area (Å²) < 4.78 is 38.2. The Hall–Kier alpha value is -2.55. The van der Waals surface area contributed by atoms with Gasteiger partial charge in [0.15, 0.2) is 0 Å². The Kier molecular flexibility index (Phi) is 3.85. The smallest absolute Gasteiger partial charge is 0.354 e. The van der Waals surface area contributed by atoms with Crippen LogP contribution < -0.4 is 5.32 Å². The first-order chi connectivity index (χ1) is 9.81. The maximum Gasteiger partial charge on any atom is 0.417 e. The Morgan fingerprint density at radius 3 is 2.43 bits per heavy atom. The van der Waals surface area contributed by atoms with E-state index in [1.165, 1.54) is 12.1 Å². The van der Waals surface area contributed by atoms with Gasteiger partial charge in [-0.2, -0.15) is 18.4 Å². The van der Waals surface area contributed by atoms with Crippen LogP contribution in [0.15, 0.2) is 30.3 Å². The van der Waals surface area contributed by atoms with Crippen LogP contribution >= 0.6 is 0 Å². The molecule has 0 bridgehead atoms. The Labute approximate surface area is 120 Å². The van der Waals surface area contributed by atoms with Crippen molar-refractivity contribution in [2.75, 3.05) is 5.32 Å². The minimum absolute atomic E-state index is 0.410. The normalized spacial score (nSPS) is 11.0. The standard InChI is InChI=1S/C15H12F3N3/c1-9-3-6-14(10(2)20-9)21-12-4-5-13(15(16,17)18)11(7-12)8-19/h3-7,21H,1-2H3. The van der Waals surface area contributed by atoms with Gasteiger partial charge in [0.2, 0.25) is 0 Å². The van der Waals surface area contributed by atoms with Crippen molar-refractivity contribution >= 4 is 11.4 Å². The molecule has 2 aromatic rings. The Morgan fingerprint density at radius 1 is 1.14 bits per heavy atom. The molecule has 1 aromatic carbocycles. The number of nitriles is 1. The molecule has 0 radical (unpaired) electrons. The van der Waals surface area contributed by atoms with Crippen molar-refractivity contribution in [2.45, 2.75) is 20.0 Å². The van der Waals surface area contributed by atoms with Gasteiger partial charge >= 0.3 is 6.18 Å². The number of nitrogens with zero attached hydrogens (tertiary/aromatic N) is 2. The summed E-state index contributed by atoms with van der Waals surface area (Å²) in [4.78, 5) is 4.26. The number of hydrogen-bond donors (Lipinski definition) is 1. The van der Waals surface area contributed by atoms with E-state index in [1.807, 2.05) is 6.92 Å². The number of aromatic nitrogens is 1. The molecule has 0 unspecified atom stereocenters. The third-order valence-corrected chi connectivity index (χ3v) is 2.95. The van der Waals surface area contributed by atoms with Crippen molar-refractivity contribution in [3.8, 4) is 6.07 Å². The van der Waals surface area contributed by atoms with Crippen molar-refractivity contribution in [2.24, 2.45) is 0 Å². The predicted octanol–water partition coefficient (Wildman–Crippen LogP) is 4.33. The van der Waals surface area contributed by atoms with E-state index in [9.17, 15) is 13.2 Å². The molecule has 21 heavy (non-hydrogen) atoms. The molecule has 6 heteroatoms. The zero-order chi connectivity index (χ0) is 15.6. The summed E-state index contributed by atoms with van der Waals surface area (Å²) in [5.41, 5.74) is 1.33. The van der Waals surface area contributed by atoms with E-state index < -0.39 is 17.3 Å². The second kappa shape index (κ2) is 5.44. The number of aryl methyl sites for hydroxylation is 2. The topological polar surface area (TPSA) is 48.7 Å². The van der Waals surface area contributed by atoms with Gasteiger partial charge in [0.25, 0.3) is 0 Å². The summed E-state index contributed by atoms with van der Waals surface area (Å²) >= 11 is 0. The number of halogens is 3. The van der Waals surface area contributed by atoms with Crippen LogP contribution in [0.1, 0.15) is 22.5 Å². The van der Waals surface area contributed by atoms with Crippen LogP contribution in [-0.2, 0) is 6.18 Å². The first kappa shape index (κ1) is 14.9. The van der Waals surface area contributed by atoms with Gasteiger partial charge in [-0.05, 0) is 44.2 Å². The average molecular weight is 291 g/mol. The maximum atomic E-state index is 12.7. The summed E-state index contributed by atoms with van der Waals surface area (Å²) in [7, 11) is 0. The van der Waals surface area contributed by atoms with Crippen molar-refractivity contribution in [3.05, 3.63) is 52.8 Å². The zero-order valence-corrected chi connectivity index (χ0v) is 11.4. The van der Waals surface area contributed by atoms with Crippen LogP contribution in [0.5, 0.6) is 0 Å². The number of anilines is 2. The van der Waals surface area contributed by atoms with E-state index in [1.54, 1.807) is 25.1 Å². The monoisotopic (exact) mass is 291 g/mol. The second-order valence-corrected chi connectivity index (χ2v) is 4.58. The molecule has 1 heterocycles. The van der Waals surface area contributed by atoms with Gasteiger partial charge in [-0.3, -0.25) is 4.98 Å². The molecule has 0 aliphatic carbocycles. The summed E-state index contributed by atoms with van der Waals surface area (Å²) in [6.07, 6.45) is -4.54. The molecule has 0 aliphatic heterocycles. The molecule has 0 amide bonds. The van der Waals surface area contributed by atoms with Gasteiger partial charge in [0.05, 0.1) is 28.6 Å². The second-order valence-electron chi connectivity index (χ2n) is 4.58. The van der Waals surface area contributed by atoms with Crippen LogP contribution in [0.4, 0.5) is 24.5 Å². The SMILES string of the molecule is Cc1ccc(Nc2ccc(C(F)(F)F)c(C#N)c2)c(C)n1. The average Bonchev–Trinajstić information content (AvgIpc) is 2.40.